The Hall–Kier alpha value is -3.00. The average Bonchev–Trinajstić information content (AvgIpc) is 2.71. The maximum Gasteiger partial charge on any atom is 0.127 e. The van der Waals surface area contributed by atoms with E-state index in [1.165, 1.54) is 0 Å². The first-order valence-corrected chi connectivity index (χ1v) is 8.92. The van der Waals surface area contributed by atoms with Gasteiger partial charge in [0.1, 0.15) is 24.7 Å². The Kier molecular flexibility index (Phi) is 6.49. The van der Waals surface area contributed by atoms with Gasteiger partial charge >= 0.3 is 0 Å². The minimum absolute atomic E-state index is 0.547. The molecule has 3 aromatic rings. The number of benzene rings is 3. The summed E-state index contributed by atoms with van der Waals surface area (Å²) >= 11 is 0. The van der Waals surface area contributed by atoms with E-state index in [-0.39, 0.29) is 0 Å². The molecular formula is C24H24O2. The van der Waals surface area contributed by atoms with Crippen molar-refractivity contribution in [3.05, 3.63) is 108 Å². The van der Waals surface area contributed by atoms with Crippen LogP contribution in [0.25, 0.3) is 0 Å². The molecule has 0 saturated heterocycles. The van der Waals surface area contributed by atoms with E-state index < -0.39 is 0 Å². The molecule has 0 heterocycles. The molecule has 2 nitrogen and oxygen atoms in total. The third-order valence-electron chi connectivity index (χ3n) is 4.10. The van der Waals surface area contributed by atoms with E-state index in [1.807, 2.05) is 55.5 Å². The van der Waals surface area contributed by atoms with Gasteiger partial charge in [0.2, 0.25) is 0 Å². The van der Waals surface area contributed by atoms with E-state index in [1.54, 1.807) is 0 Å². The summed E-state index contributed by atoms with van der Waals surface area (Å²) in [5, 5.41) is 0. The summed E-state index contributed by atoms with van der Waals surface area (Å²) < 4.78 is 12.0. The lowest BCUT2D eigenvalue weighted by Gasteiger charge is -2.13. The zero-order chi connectivity index (χ0) is 18.0. The van der Waals surface area contributed by atoms with E-state index >= 15 is 0 Å². The lowest BCUT2D eigenvalue weighted by molar-refractivity contribution is 0.288. The minimum atomic E-state index is 0.547. The SMILES string of the molecule is CC=CCc1ccc(OCc2ccccc2)cc1OCc1ccccc1. The molecule has 0 bridgehead atoms. The Morgan fingerprint density at radius 1 is 0.731 bits per heavy atom. The first-order chi connectivity index (χ1) is 12.8. The topological polar surface area (TPSA) is 18.5 Å². The Labute approximate surface area is 155 Å². The molecule has 0 N–H and O–H groups in total. The summed E-state index contributed by atoms with van der Waals surface area (Å²) in [5.74, 6) is 1.69. The maximum absolute atomic E-state index is 6.10. The van der Waals surface area contributed by atoms with Crippen molar-refractivity contribution < 1.29 is 9.47 Å². The molecule has 0 atom stereocenters. The number of rotatable bonds is 8. The summed E-state index contributed by atoms with van der Waals surface area (Å²) in [6.45, 7) is 3.13. The monoisotopic (exact) mass is 344 g/mol. The number of ether oxygens (including phenoxy) is 2. The van der Waals surface area contributed by atoms with Crippen LogP contribution < -0.4 is 9.47 Å². The molecule has 0 unspecified atom stereocenters. The molecule has 0 radical (unpaired) electrons. The van der Waals surface area contributed by atoms with Crippen LogP contribution in [0.2, 0.25) is 0 Å². The Bertz CT molecular complexity index is 823. The summed E-state index contributed by atoms with van der Waals surface area (Å²) in [7, 11) is 0. The van der Waals surface area contributed by atoms with E-state index in [9.17, 15) is 0 Å². The van der Waals surface area contributed by atoms with E-state index in [4.69, 9.17) is 9.47 Å². The molecule has 0 saturated carbocycles. The molecular weight excluding hydrogens is 320 g/mol. The van der Waals surface area contributed by atoms with Crippen molar-refractivity contribution in [3.8, 4) is 11.5 Å². The predicted octanol–water partition coefficient (Wildman–Crippen LogP) is 5.96. The Morgan fingerprint density at radius 2 is 1.35 bits per heavy atom. The highest BCUT2D eigenvalue weighted by Crippen LogP contribution is 2.27. The second-order valence-electron chi connectivity index (χ2n) is 6.09. The summed E-state index contributed by atoms with van der Waals surface area (Å²) in [6.07, 6.45) is 5.04. The number of allylic oxidation sites excluding steroid dienone is 2. The van der Waals surface area contributed by atoms with E-state index in [2.05, 4.69) is 42.5 Å². The van der Waals surface area contributed by atoms with Gasteiger partial charge in [-0.05, 0) is 36.1 Å². The molecule has 0 aliphatic heterocycles. The maximum atomic E-state index is 6.10. The van der Waals surface area contributed by atoms with Crippen molar-refractivity contribution in [2.45, 2.75) is 26.6 Å². The van der Waals surface area contributed by atoms with Crippen molar-refractivity contribution in [2.75, 3.05) is 0 Å². The Morgan fingerprint density at radius 3 is 1.96 bits per heavy atom. The fraction of sp³-hybridized carbons (Fsp3) is 0.167. The van der Waals surface area contributed by atoms with Crippen molar-refractivity contribution >= 4 is 0 Å². The van der Waals surface area contributed by atoms with Gasteiger partial charge in [0.05, 0.1) is 0 Å². The van der Waals surface area contributed by atoms with Crippen LogP contribution in [0.1, 0.15) is 23.6 Å². The third-order valence-corrected chi connectivity index (χ3v) is 4.10. The van der Waals surface area contributed by atoms with Gasteiger partial charge in [-0.2, -0.15) is 0 Å². The molecule has 0 spiro atoms. The van der Waals surface area contributed by atoms with Gasteiger partial charge in [0.15, 0.2) is 0 Å². The van der Waals surface area contributed by atoms with Crippen LogP contribution in [0.4, 0.5) is 0 Å². The Balaban J connectivity index is 1.72. The van der Waals surface area contributed by atoms with E-state index in [0.29, 0.717) is 13.2 Å². The fourth-order valence-corrected chi connectivity index (χ4v) is 2.65. The van der Waals surface area contributed by atoms with E-state index in [0.717, 1.165) is 34.6 Å². The van der Waals surface area contributed by atoms with Gasteiger partial charge in [-0.15, -0.1) is 0 Å². The molecule has 3 aromatic carbocycles. The number of hydrogen-bond acceptors (Lipinski definition) is 2. The smallest absolute Gasteiger partial charge is 0.127 e. The van der Waals surface area contributed by atoms with Gasteiger partial charge < -0.3 is 9.47 Å². The normalized spacial score (nSPS) is 10.8. The fourth-order valence-electron chi connectivity index (χ4n) is 2.65. The second kappa shape index (κ2) is 9.47. The van der Waals surface area contributed by atoms with Crippen LogP contribution in [0.15, 0.2) is 91.0 Å². The van der Waals surface area contributed by atoms with Gasteiger partial charge in [-0.25, -0.2) is 0 Å². The first-order valence-electron chi connectivity index (χ1n) is 8.92. The molecule has 3 rings (SSSR count). The highest BCUT2D eigenvalue weighted by Gasteiger charge is 2.06. The molecule has 0 aliphatic rings. The van der Waals surface area contributed by atoms with Gasteiger partial charge in [0.25, 0.3) is 0 Å². The predicted molar refractivity (Wildman–Crippen MR) is 107 cm³/mol. The average molecular weight is 344 g/mol. The summed E-state index contributed by atoms with van der Waals surface area (Å²) in [5.41, 5.74) is 3.46. The van der Waals surface area contributed by atoms with Crippen LogP contribution in [0.3, 0.4) is 0 Å². The molecule has 132 valence electrons. The number of hydrogen-bond donors (Lipinski definition) is 0. The molecule has 2 heteroatoms. The zero-order valence-corrected chi connectivity index (χ0v) is 15.1. The molecule has 26 heavy (non-hydrogen) atoms. The minimum Gasteiger partial charge on any atom is -0.489 e. The van der Waals surface area contributed by atoms with Gasteiger partial charge in [-0.3, -0.25) is 0 Å². The van der Waals surface area contributed by atoms with Crippen LogP contribution in [0.5, 0.6) is 11.5 Å². The van der Waals surface area contributed by atoms with Crippen molar-refractivity contribution in [3.63, 3.8) is 0 Å². The summed E-state index contributed by atoms with van der Waals surface area (Å²) in [6, 6.07) is 26.5. The van der Waals surface area contributed by atoms with Crippen molar-refractivity contribution in [1.29, 1.82) is 0 Å². The second-order valence-corrected chi connectivity index (χ2v) is 6.09. The van der Waals surface area contributed by atoms with Crippen LogP contribution in [0, 0.1) is 0 Å². The standard InChI is InChI=1S/C24H24O2/c1-2-3-14-22-15-16-23(25-18-20-10-6-4-7-11-20)17-24(22)26-19-21-12-8-5-9-13-21/h2-13,15-17H,14,18-19H2,1H3. The molecule has 0 amide bonds. The highest BCUT2D eigenvalue weighted by atomic mass is 16.5. The zero-order valence-electron chi connectivity index (χ0n) is 15.1. The molecule has 0 aliphatic carbocycles. The van der Waals surface area contributed by atoms with Gasteiger partial charge in [0, 0.05) is 6.07 Å². The van der Waals surface area contributed by atoms with Gasteiger partial charge in [-0.1, -0.05) is 78.9 Å². The van der Waals surface area contributed by atoms with Crippen molar-refractivity contribution in [1.82, 2.24) is 0 Å². The molecule has 0 aromatic heterocycles. The third kappa shape index (κ3) is 5.25. The molecule has 0 fully saturated rings. The lowest BCUT2D eigenvalue weighted by atomic mass is 10.1. The van der Waals surface area contributed by atoms with Crippen LogP contribution in [-0.4, -0.2) is 0 Å². The van der Waals surface area contributed by atoms with Crippen LogP contribution >= 0.6 is 0 Å². The van der Waals surface area contributed by atoms with Crippen molar-refractivity contribution in [2.24, 2.45) is 0 Å². The quantitative estimate of drug-likeness (QED) is 0.469. The summed E-state index contributed by atoms with van der Waals surface area (Å²) in [4.78, 5) is 0. The highest BCUT2D eigenvalue weighted by molar-refractivity contribution is 5.42. The lowest BCUT2D eigenvalue weighted by Crippen LogP contribution is -2.00. The first kappa shape index (κ1) is 17.8. The largest absolute Gasteiger partial charge is 0.489 e. The van der Waals surface area contributed by atoms with Crippen LogP contribution in [-0.2, 0) is 19.6 Å².